The zero-order valence-electron chi connectivity index (χ0n) is 29.3. The summed E-state index contributed by atoms with van der Waals surface area (Å²) >= 11 is 0. The van der Waals surface area contributed by atoms with Crippen molar-refractivity contribution in [3.8, 4) is 0 Å². The van der Waals surface area contributed by atoms with Crippen LogP contribution in [0, 0.1) is 46.3 Å². The van der Waals surface area contributed by atoms with Crippen molar-refractivity contribution in [3.63, 3.8) is 0 Å². The fraction of sp³-hybridized carbons (Fsp3) is 0.769. The van der Waals surface area contributed by atoms with Crippen LogP contribution in [0.5, 0.6) is 0 Å². The summed E-state index contributed by atoms with van der Waals surface area (Å²) in [5, 5.41) is 0. The van der Waals surface area contributed by atoms with Crippen LogP contribution in [0.3, 0.4) is 0 Å². The molecule has 11 atom stereocenters. The summed E-state index contributed by atoms with van der Waals surface area (Å²) in [6.07, 6.45) is 9.40. The third kappa shape index (κ3) is 7.06. The number of hydrogen-bond donors (Lipinski definition) is 0. The molecule has 1 aromatic carbocycles. The Labute approximate surface area is 272 Å². The van der Waals surface area contributed by atoms with E-state index in [1.165, 1.54) is 7.11 Å². The van der Waals surface area contributed by atoms with E-state index < -0.39 is 0 Å². The largest absolute Gasteiger partial charge is 0.469 e. The molecule has 0 amide bonds. The maximum absolute atomic E-state index is 13.5. The molecular weight excluding hydrogens is 564 g/mol. The molecule has 0 saturated heterocycles. The first kappa shape index (κ1) is 35.6. The summed E-state index contributed by atoms with van der Waals surface area (Å²) in [7, 11) is 1.47. The van der Waals surface area contributed by atoms with E-state index in [4.69, 9.17) is 14.2 Å². The summed E-state index contributed by atoms with van der Waals surface area (Å²) in [5.74, 6) is 1.82. The molecule has 252 valence electrons. The van der Waals surface area contributed by atoms with Crippen molar-refractivity contribution >= 4 is 17.7 Å². The molecule has 0 aromatic heterocycles. The van der Waals surface area contributed by atoms with Crippen LogP contribution in [0.1, 0.15) is 129 Å². The van der Waals surface area contributed by atoms with E-state index in [1.54, 1.807) is 0 Å². The van der Waals surface area contributed by atoms with Crippen LogP contribution in [0.2, 0.25) is 0 Å². The molecule has 45 heavy (non-hydrogen) atoms. The van der Waals surface area contributed by atoms with Crippen LogP contribution in [0.25, 0.3) is 0 Å². The van der Waals surface area contributed by atoms with Gasteiger partial charge in [-0.15, -0.1) is 0 Å². The van der Waals surface area contributed by atoms with Gasteiger partial charge in [0.05, 0.1) is 24.9 Å². The van der Waals surface area contributed by atoms with Gasteiger partial charge in [-0.05, 0) is 99.0 Å². The fourth-order valence-corrected chi connectivity index (χ4v) is 10.4. The zero-order chi connectivity index (χ0) is 32.9. The molecule has 0 spiro atoms. The molecule has 1 aromatic rings. The van der Waals surface area contributed by atoms with E-state index in [1.807, 2.05) is 44.2 Å². The minimum atomic E-state index is -0.257. The highest BCUT2D eigenvalue weighted by Crippen LogP contribution is 2.69. The lowest BCUT2D eigenvalue weighted by Crippen LogP contribution is -2.63. The molecular formula is C39H60O6. The second-order valence-corrected chi connectivity index (χ2v) is 14.9. The highest BCUT2D eigenvalue weighted by atomic mass is 16.5. The van der Waals surface area contributed by atoms with Gasteiger partial charge < -0.3 is 14.2 Å². The molecule has 0 bridgehead atoms. The molecule has 4 aliphatic rings. The number of ether oxygens (including phenoxy) is 3. The van der Waals surface area contributed by atoms with E-state index in [2.05, 4.69) is 34.6 Å². The van der Waals surface area contributed by atoms with E-state index in [0.29, 0.717) is 54.3 Å². The Morgan fingerprint density at radius 2 is 1.71 bits per heavy atom. The smallest absolute Gasteiger partial charge is 0.338 e. The van der Waals surface area contributed by atoms with Gasteiger partial charge >= 0.3 is 11.9 Å². The van der Waals surface area contributed by atoms with Gasteiger partial charge in [-0.1, -0.05) is 66.2 Å². The van der Waals surface area contributed by atoms with Gasteiger partial charge in [-0.25, -0.2) is 4.79 Å². The number of benzene rings is 1. The van der Waals surface area contributed by atoms with Crippen molar-refractivity contribution < 1.29 is 28.6 Å². The Morgan fingerprint density at radius 3 is 2.38 bits per heavy atom. The Morgan fingerprint density at radius 1 is 1.00 bits per heavy atom. The Hall–Kier alpha value is -2.21. The third-order valence-electron chi connectivity index (χ3n) is 12.7. The number of carbonyl (C=O) groups is 3. The van der Waals surface area contributed by atoms with Crippen LogP contribution in [-0.2, 0) is 23.8 Å². The molecule has 4 saturated carbocycles. The first-order chi connectivity index (χ1) is 21.5. The van der Waals surface area contributed by atoms with E-state index in [9.17, 15) is 14.4 Å². The second-order valence-electron chi connectivity index (χ2n) is 14.9. The van der Waals surface area contributed by atoms with Gasteiger partial charge in [0.25, 0.3) is 0 Å². The SMILES string of the molecule is CC.CCCC(C)O[C@H]1CC2C(C3CCC(C(C)CCC(=O)OC)[C@]31C)[C@H](OC(=O)c1ccccc1)CC1CC(=O)CC[C@@]12C. The standard InChI is InChI=1S/C37H54O6.C2H6/c1-7-11-24(3)42-32-22-30-34(29-16-15-28(37(29,32)5)23(2)14-17-33(39)41-6)31(43-35(40)25-12-9-8-10-13-25)21-26-20-27(38)18-19-36(26,30)4;1-2/h8-10,12-13,23-24,26,28-32,34H,7,11,14-22H2,1-6H3;1-2H3/t23?,24?,26?,28?,29?,30?,31-,32+,34?,36+,37-;/m1./s1. The molecule has 4 fully saturated rings. The Kier molecular flexibility index (Phi) is 12.0. The first-order valence-electron chi connectivity index (χ1n) is 18.0. The maximum Gasteiger partial charge on any atom is 0.338 e. The number of carbonyl (C=O) groups excluding carboxylic acids is 3. The average molecular weight is 625 g/mol. The van der Waals surface area contributed by atoms with Crippen molar-refractivity contribution in [3.05, 3.63) is 35.9 Å². The molecule has 6 nitrogen and oxygen atoms in total. The van der Waals surface area contributed by atoms with Crippen LogP contribution < -0.4 is 0 Å². The van der Waals surface area contributed by atoms with Gasteiger partial charge in [-0.3, -0.25) is 9.59 Å². The van der Waals surface area contributed by atoms with Gasteiger partial charge in [0, 0.05) is 30.6 Å². The van der Waals surface area contributed by atoms with Crippen LogP contribution >= 0.6 is 0 Å². The van der Waals surface area contributed by atoms with Gasteiger partial charge in [0.2, 0.25) is 0 Å². The summed E-state index contributed by atoms with van der Waals surface area (Å²) in [4.78, 5) is 38.4. The molecule has 5 rings (SSSR count). The summed E-state index contributed by atoms with van der Waals surface area (Å²) < 4.78 is 18.6. The third-order valence-corrected chi connectivity index (χ3v) is 12.7. The predicted molar refractivity (Wildman–Crippen MR) is 178 cm³/mol. The maximum atomic E-state index is 13.5. The summed E-state index contributed by atoms with van der Waals surface area (Å²) in [6.45, 7) is 15.6. The number of ketones is 1. The van der Waals surface area contributed by atoms with E-state index in [-0.39, 0.29) is 52.9 Å². The number of Topliss-reactive ketones (excluding diaryl/α,β-unsaturated/α-hetero) is 1. The lowest BCUT2D eigenvalue weighted by Gasteiger charge is -2.64. The highest BCUT2D eigenvalue weighted by Gasteiger charge is 2.67. The summed E-state index contributed by atoms with van der Waals surface area (Å²) in [6, 6.07) is 9.33. The van der Waals surface area contributed by atoms with Gasteiger partial charge in [-0.2, -0.15) is 0 Å². The number of hydrogen-bond acceptors (Lipinski definition) is 6. The lowest BCUT2D eigenvalue weighted by atomic mass is 9.43. The normalized spacial score (nSPS) is 36.7. The molecule has 0 heterocycles. The zero-order valence-corrected chi connectivity index (χ0v) is 29.3. The van der Waals surface area contributed by atoms with Gasteiger partial charge in [0.15, 0.2) is 0 Å². The van der Waals surface area contributed by atoms with E-state index in [0.717, 1.165) is 51.4 Å². The summed E-state index contributed by atoms with van der Waals surface area (Å²) in [5.41, 5.74) is 0.518. The molecule has 4 aliphatic carbocycles. The molecule has 0 N–H and O–H groups in total. The predicted octanol–water partition coefficient (Wildman–Crippen LogP) is 8.85. The minimum absolute atomic E-state index is 0.0275. The average Bonchev–Trinajstić information content (AvgIpc) is 3.40. The minimum Gasteiger partial charge on any atom is -0.469 e. The van der Waals surface area contributed by atoms with Crippen molar-refractivity contribution in [1.29, 1.82) is 0 Å². The van der Waals surface area contributed by atoms with Crippen LogP contribution in [0.4, 0.5) is 0 Å². The number of esters is 2. The molecule has 0 radical (unpaired) electrons. The molecule has 7 unspecified atom stereocenters. The van der Waals surface area contributed by atoms with Crippen molar-refractivity contribution in [2.24, 2.45) is 46.3 Å². The quantitative estimate of drug-likeness (QED) is 0.242. The second kappa shape index (κ2) is 15.1. The van der Waals surface area contributed by atoms with Crippen molar-refractivity contribution in [2.75, 3.05) is 7.11 Å². The van der Waals surface area contributed by atoms with Crippen LogP contribution in [-0.4, -0.2) is 43.1 Å². The van der Waals surface area contributed by atoms with E-state index >= 15 is 0 Å². The Balaban J connectivity index is 0.00000226. The monoisotopic (exact) mass is 624 g/mol. The van der Waals surface area contributed by atoms with Gasteiger partial charge in [0.1, 0.15) is 11.9 Å². The number of methoxy groups -OCH3 is 1. The highest BCUT2D eigenvalue weighted by molar-refractivity contribution is 5.89. The first-order valence-corrected chi connectivity index (χ1v) is 18.0. The Bertz CT molecular complexity index is 1150. The molecule has 6 heteroatoms. The number of fused-ring (bicyclic) bond motifs is 5. The van der Waals surface area contributed by atoms with Crippen molar-refractivity contribution in [1.82, 2.24) is 0 Å². The van der Waals surface area contributed by atoms with Crippen LogP contribution in [0.15, 0.2) is 30.3 Å². The molecule has 0 aliphatic heterocycles. The lowest BCUT2D eigenvalue weighted by molar-refractivity contribution is -0.221. The topological polar surface area (TPSA) is 78.9 Å². The number of rotatable bonds is 10. The van der Waals surface area contributed by atoms with Crippen molar-refractivity contribution in [2.45, 2.75) is 137 Å². The fourth-order valence-electron chi connectivity index (χ4n) is 10.4.